The Bertz CT molecular complexity index is 1200. The summed E-state index contributed by atoms with van der Waals surface area (Å²) in [6.45, 7) is 2.28. The quantitative estimate of drug-likeness (QED) is 0.489. The summed E-state index contributed by atoms with van der Waals surface area (Å²) < 4.78 is 11.4. The number of carbonyl (C=O) groups is 2. The van der Waals surface area contributed by atoms with Gasteiger partial charge in [0, 0.05) is 17.1 Å². The van der Waals surface area contributed by atoms with E-state index in [0.717, 1.165) is 28.9 Å². The van der Waals surface area contributed by atoms with E-state index in [-0.39, 0.29) is 18.9 Å². The summed E-state index contributed by atoms with van der Waals surface area (Å²) in [4.78, 5) is 26.3. The molecule has 176 valence electrons. The molecule has 1 heterocycles. The molecule has 3 aromatic carbocycles. The summed E-state index contributed by atoms with van der Waals surface area (Å²) in [5.41, 5.74) is 3.86. The minimum atomic E-state index is -1.08. The Labute approximate surface area is 203 Å². The fourth-order valence-electron chi connectivity index (χ4n) is 4.28. The molecule has 0 aromatic heterocycles. The third kappa shape index (κ3) is 5.51. The van der Waals surface area contributed by atoms with Crippen LogP contribution in [0.15, 0.2) is 66.7 Å². The van der Waals surface area contributed by atoms with Gasteiger partial charge in [0.2, 0.25) is 5.91 Å². The van der Waals surface area contributed by atoms with Gasteiger partial charge >= 0.3 is 5.97 Å². The Morgan fingerprint density at radius 1 is 1.03 bits per heavy atom. The van der Waals surface area contributed by atoms with Crippen molar-refractivity contribution in [2.75, 3.05) is 19.8 Å². The van der Waals surface area contributed by atoms with Gasteiger partial charge in [-0.05, 0) is 60.4 Å². The number of hydrogen-bond acceptors (Lipinski definition) is 4. The zero-order valence-corrected chi connectivity index (χ0v) is 19.6. The SMILES string of the molecule is Cc1cccc(OCCC(=O)N2CCc3ccccc3C2c2cc(Cl)ccc2OCC(=O)O)c1. The number of carboxylic acid groups (broad SMARTS) is 1. The molecule has 1 atom stereocenters. The van der Waals surface area contributed by atoms with Crippen LogP contribution in [-0.4, -0.2) is 41.6 Å². The Morgan fingerprint density at radius 3 is 2.65 bits per heavy atom. The van der Waals surface area contributed by atoms with Crippen molar-refractivity contribution >= 4 is 23.5 Å². The zero-order valence-electron chi connectivity index (χ0n) is 18.9. The standard InChI is InChI=1S/C27H26ClNO5/c1-18-5-4-7-21(15-18)33-14-12-25(30)29-13-11-19-6-2-3-8-22(19)27(29)23-16-20(28)9-10-24(23)34-17-26(31)32/h2-10,15-16,27H,11-14,17H2,1H3,(H,31,32). The summed E-state index contributed by atoms with van der Waals surface area (Å²) in [6, 6.07) is 20.3. The summed E-state index contributed by atoms with van der Waals surface area (Å²) >= 11 is 6.32. The summed E-state index contributed by atoms with van der Waals surface area (Å²) in [5.74, 6) is -0.0163. The monoisotopic (exact) mass is 479 g/mol. The lowest BCUT2D eigenvalue weighted by Crippen LogP contribution is -2.41. The molecule has 6 nitrogen and oxygen atoms in total. The number of carboxylic acids is 1. The first-order valence-corrected chi connectivity index (χ1v) is 11.5. The minimum absolute atomic E-state index is 0.0590. The fraction of sp³-hybridized carbons (Fsp3) is 0.259. The van der Waals surface area contributed by atoms with Crippen LogP contribution in [-0.2, 0) is 16.0 Å². The van der Waals surface area contributed by atoms with E-state index in [1.807, 2.05) is 55.5 Å². The molecule has 3 aromatic rings. The summed E-state index contributed by atoms with van der Waals surface area (Å²) in [6.07, 6.45) is 0.932. The number of hydrogen-bond donors (Lipinski definition) is 1. The first-order valence-electron chi connectivity index (χ1n) is 11.1. The van der Waals surface area contributed by atoms with Crippen LogP contribution < -0.4 is 9.47 Å². The number of halogens is 1. The van der Waals surface area contributed by atoms with Crippen molar-refractivity contribution in [1.82, 2.24) is 4.90 Å². The Kier molecular flexibility index (Phi) is 7.38. The molecule has 1 unspecified atom stereocenters. The van der Waals surface area contributed by atoms with Crippen LogP contribution in [0.3, 0.4) is 0 Å². The zero-order chi connectivity index (χ0) is 24.1. The number of nitrogens with zero attached hydrogens (tertiary/aromatic N) is 1. The third-order valence-corrected chi connectivity index (χ3v) is 6.03. The molecule has 1 aliphatic rings. The molecule has 0 fully saturated rings. The van der Waals surface area contributed by atoms with Crippen molar-refractivity contribution in [3.63, 3.8) is 0 Å². The van der Waals surface area contributed by atoms with Gasteiger partial charge in [-0.2, -0.15) is 0 Å². The van der Waals surface area contributed by atoms with Crippen molar-refractivity contribution in [1.29, 1.82) is 0 Å². The molecule has 1 aliphatic heterocycles. The highest BCUT2D eigenvalue weighted by molar-refractivity contribution is 6.30. The first-order chi connectivity index (χ1) is 16.4. The van der Waals surface area contributed by atoms with Gasteiger partial charge in [-0.1, -0.05) is 48.0 Å². The van der Waals surface area contributed by atoms with Crippen LogP contribution in [0.25, 0.3) is 0 Å². The second-order valence-corrected chi connectivity index (χ2v) is 8.65. The molecule has 1 amide bonds. The van der Waals surface area contributed by atoms with Gasteiger partial charge in [0.15, 0.2) is 6.61 Å². The number of ether oxygens (including phenoxy) is 2. The molecule has 1 N–H and O–H groups in total. The van der Waals surface area contributed by atoms with Crippen LogP contribution in [0.1, 0.15) is 34.7 Å². The van der Waals surface area contributed by atoms with E-state index < -0.39 is 18.6 Å². The molecule has 0 bridgehead atoms. The van der Waals surface area contributed by atoms with Gasteiger partial charge in [0.25, 0.3) is 0 Å². The largest absolute Gasteiger partial charge is 0.493 e. The summed E-state index contributed by atoms with van der Waals surface area (Å²) in [7, 11) is 0. The molecule has 0 saturated heterocycles. The number of aliphatic carboxylic acids is 1. The van der Waals surface area contributed by atoms with Gasteiger partial charge in [0.1, 0.15) is 11.5 Å². The van der Waals surface area contributed by atoms with Gasteiger partial charge in [-0.25, -0.2) is 4.79 Å². The highest BCUT2D eigenvalue weighted by Gasteiger charge is 2.33. The number of carbonyl (C=O) groups excluding carboxylic acids is 1. The van der Waals surface area contributed by atoms with E-state index in [4.69, 9.17) is 26.2 Å². The molecule has 0 radical (unpaired) electrons. The normalized spacial score (nSPS) is 14.9. The Hall–Kier alpha value is -3.51. The molecular formula is C27H26ClNO5. The molecule has 0 saturated carbocycles. The lowest BCUT2D eigenvalue weighted by molar-refractivity contribution is -0.139. The second kappa shape index (κ2) is 10.6. The maximum Gasteiger partial charge on any atom is 0.341 e. The van der Waals surface area contributed by atoms with Crippen molar-refractivity contribution in [3.8, 4) is 11.5 Å². The van der Waals surface area contributed by atoms with Crippen molar-refractivity contribution in [2.24, 2.45) is 0 Å². The summed E-state index contributed by atoms with van der Waals surface area (Å²) in [5, 5.41) is 9.59. The Balaban J connectivity index is 1.62. The lowest BCUT2D eigenvalue weighted by atomic mass is 9.87. The predicted octanol–water partition coefficient (Wildman–Crippen LogP) is 5.06. The van der Waals surface area contributed by atoms with Gasteiger partial charge in [-0.3, -0.25) is 4.79 Å². The molecular weight excluding hydrogens is 454 g/mol. The van der Waals surface area contributed by atoms with E-state index >= 15 is 0 Å². The molecule has 34 heavy (non-hydrogen) atoms. The number of amides is 1. The predicted molar refractivity (Wildman–Crippen MR) is 130 cm³/mol. The van der Waals surface area contributed by atoms with Crippen LogP contribution in [0, 0.1) is 6.92 Å². The van der Waals surface area contributed by atoms with Crippen molar-refractivity contribution < 1.29 is 24.2 Å². The van der Waals surface area contributed by atoms with Gasteiger partial charge in [-0.15, -0.1) is 0 Å². The Morgan fingerprint density at radius 2 is 1.85 bits per heavy atom. The number of aryl methyl sites for hydroxylation is 1. The van der Waals surface area contributed by atoms with E-state index in [0.29, 0.717) is 22.9 Å². The number of benzene rings is 3. The van der Waals surface area contributed by atoms with Crippen LogP contribution in [0.4, 0.5) is 0 Å². The van der Waals surface area contributed by atoms with Crippen LogP contribution in [0.2, 0.25) is 5.02 Å². The first kappa shape index (κ1) is 23.6. The van der Waals surface area contributed by atoms with Gasteiger partial charge in [0.05, 0.1) is 19.1 Å². The van der Waals surface area contributed by atoms with E-state index in [2.05, 4.69) is 0 Å². The molecule has 7 heteroatoms. The smallest absolute Gasteiger partial charge is 0.341 e. The molecule has 0 spiro atoms. The average molecular weight is 480 g/mol. The number of fused-ring (bicyclic) bond motifs is 1. The molecule has 0 aliphatic carbocycles. The van der Waals surface area contributed by atoms with Crippen molar-refractivity contribution in [3.05, 3.63) is 94.0 Å². The van der Waals surface area contributed by atoms with Crippen molar-refractivity contribution in [2.45, 2.75) is 25.8 Å². The number of rotatable bonds is 8. The lowest BCUT2D eigenvalue weighted by Gasteiger charge is -2.38. The fourth-order valence-corrected chi connectivity index (χ4v) is 4.46. The topological polar surface area (TPSA) is 76.1 Å². The second-order valence-electron chi connectivity index (χ2n) is 8.22. The third-order valence-electron chi connectivity index (χ3n) is 5.80. The van der Waals surface area contributed by atoms with E-state index in [9.17, 15) is 9.59 Å². The van der Waals surface area contributed by atoms with E-state index in [1.165, 1.54) is 0 Å². The maximum absolute atomic E-state index is 13.4. The minimum Gasteiger partial charge on any atom is -0.493 e. The molecule has 4 rings (SSSR count). The van der Waals surface area contributed by atoms with Crippen LogP contribution in [0.5, 0.6) is 11.5 Å². The van der Waals surface area contributed by atoms with Gasteiger partial charge < -0.3 is 19.5 Å². The highest BCUT2D eigenvalue weighted by Crippen LogP contribution is 2.40. The highest BCUT2D eigenvalue weighted by atomic mass is 35.5. The van der Waals surface area contributed by atoms with Crippen LogP contribution >= 0.6 is 11.6 Å². The van der Waals surface area contributed by atoms with E-state index in [1.54, 1.807) is 23.1 Å². The maximum atomic E-state index is 13.4. The average Bonchev–Trinajstić information content (AvgIpc) is 2.82.